The topological polar surface area (TPSA) is 184 Å². The number of aryl methyl sites for hydroxylation is 2. The summed E-state index contributed by atoms with van der Waals surface area (Å²) in [5.41, 5.74) is 3.98. The van der Waals surface area contributed by atoms with Crippen LogP contribution in [0, 0.1) is 34.5 Å². The first-order valence-corrected chi connectivity index (χ1v) is 23.9. The number of benzene rings is 4. The molecule has 3 amide bonds. The van der Waals surface area contributed by atoms with E-state index in [-0.39, 0.29) is 68.1 Å². The number of β-amino-alcohol motifs (C(OH)–C–C–N with tert-alkyl or cyclic N) is 1. The molecule has 2 heterocycles. The Bertz CT molecular complexity index is 2680. The number of oxazole rings is 1. The summed E-state index contributed by atoms with van der Waals surface area (Å²) in [6.45, 7) is 16.0. The molecule has 4 aromatic carbocycles. The van der Waals surface area contributed by atoms with Crippen molar-refractivity contribution in [1.29, 1.82) is 5.26 Å². The van der Waals surface area contributed by atoms with Gasteiger partial charge >= 0.3 is 0 Å². The SMILES string of the molecule is Cc1ncoc1-c1ccc(CCC(=O)[C@@H]2C[C@@H](O)CN2C(=O)[C@@H](NC(=O)CCCOc2ccc(-c3ccc(C(=O)NC4C(C)(C)C(Oc5ccc(C#N)c(Cl)c5)C4(C)C)cc3)cc2)C(C)(C)C)cc1. The Balaban J connectivity index is 0.858. The molecule has 2 aliphatic rings. The van der Waals surface area contributed by atoms with Crippen LogP contribution in [0.1, 0.15) is 101 Å². The third-order valence-corrected chi connectivity index (χ3v) is 13.9. The van der Waals surface area contributed by atoms with E-state index in [0.29, 0.717) is 46.3 Å². The molecule has 1 saturated carbocycles. The first-order valence-electron chi connectivity index (χ1n) is 23.5. The largest absolute Gasteiger partial charge is 0.494 e. The number of hydrogen-bond acceptors (Lipinski definition) is 10. The van der Waals surface area contributed by atoms with Crippen molar-refractivity contribution < 1.29 is 38.2 Å². The van der Waals surface area contributed by atoms with Crippen LogP contribution in [0.4, 0.5) is 0 Å². The van der Waals surface area contributed by atoms with Crippen LogP contribution in [0.2, 0.25) is 5.02 Å². The van der Waals surface area contributed by atoms with Gasteiger partial charge < -0.3 is 34.5 Å². The van der Waals surface area contributed by atoms with E-state index in [1.807, 2.05) is 88.4 Å². The Morgan fingerprint density at radius 1 is 0.913 bits per heavy atom. The number of halogens is 1. The second-order valence-electron chi connectivity index (χ2n) is 20.5. The summed E-state index contributed by atoms with van der Waals surface area (Å²) in [5, 5.41) is 26.4. The highest BCUT2D eigenvalue weighted by Gasteiger charge is 2.64. The summed E-state index contributed by atoms with van der Waals surface area (Å²) in [4.78, 5) is 60.0. The number of nitriles is 1. The molecular weight excluding hydrogens is 894 g/mol. The van der Waals surface area contributed by atoms with Crippen LogP contribution in [0.25, 0.3) is 22.5 Å². The van der Waals surface area contributed by atoms with Crippen LogP contribution >= 0.6 is 11.6 Å². The number of nitrogens with one attached hydrogen (secondary N) is 2. The van der Waals surface area contributed by atoms with Gasteiger partial charge in [-0.3, -0.25) is 19.2 Å². The molecule has 1 aliphatic carbocycles. The molecule has 0 radical (unpaired) electrons. The Labute approximate surface area is 409 Å². The number of ether oxygens (including phenoxy) is 2. The number of carbonyl (C=O) groups is 4. The van der Waals surface area contributed by atoms with E-state index >= 15 is 0 Å². The molecule has 5 aromatic rings. The highest BCUT2D eigenvalue weighted by molar-refractivity contribution is 6.31. The maximum Gasteiger partial charge on any atom is 0.251 e. The first-order chi connectivity index (χ1) is 32.7. The zero-order valence-electron chi connectivity index (χ0n) is 40.6. The van der Waals surface area contributed by atoms with E-state index < -0.39 is 34.4 Å². The molecule has 7 rings (SSSR count). The normalized spacial score (nSPS) is 19.7. The van der Waals surface area contributed by atoms with E-state index in [0.717, 1.165) is 27.9 Å². The third kappa shape index (κ3) is 11.4. The summed E-state index contributed by atoms with van der Waals surface area (Å²) in [6.07, 6.45) is 1.70. The van der Waals surface area contributed by atoms with Crippen molar-refractivity contribution in [2.24, 2.45) is 16.2 Å². The van der Waals surface area contributed by atoms with Crippen LogP contribution in [0.5, 0.6) is 11.5 Å². The van der Waals surface area contributed by atoms with Gasteiger partial charge in [-0.2, -0.15) is 5.26 Å². The van der Waals surface area contributed by atoms with E-state index in [1.54, 1.807) is 30.3 Å². The minimum atomic E-state index is -0.910. The van der Waals surface area contributed by atoms with Crippen LogP contribution in [0.15, 0.2) is 102 Å². The minimum Gasteiger partial charge on any atom is -0.494 e. The van der Waals surface area contributed by atoms with Crippen molar-refractivity contribution in [1.82, 2.24) is 20.5 Å². The highest BCUT2D eigenvalue weighted by Crippen LogP contribution is 2.55. The number of rotatable bonds is 17. The van der Waals surface area contributed by atoms with Crippen LogP contribution in [-0.4, -0.2) is 82.0 Å². The molecule has 1 saturated heterocycles. The summed E-state index contributed by atoms with van der Waals surface area (Å²) < 4.78 is 17.8. The summed E-state index contributed by atoms with van der Waals surface area (Å²) in [5.74, 6) is 0.896. The lowest BCUT2D eigenvalue weighted by molar-refractivity contribution is -0.164. The molecule has 362 valence electrons. The summed E-state index contributed by atoms with van der Waals surface area (Å²) in [6, 6.07) is 28.0. The molecule has 0 unspecified atom stereocenters. The molecule has 0 spiro atoms. The average Bonchev–Trinajstić information content (AvgIpc) is 3.94. The van der Waals surface area contributed by atoms with Crippen LogP contribution < -0.4 is 20.1 Å². The summed E-state index contributed by atoms with van der Waals surface area (Å²) in [7, 11) is 0. The van der Waals surface area contributed by atoms with Gasteiger partial charge in [-0.1, -0.05) is 109 Å². The Morgan fingerprint density at radius 2 is 1.54 bits per heavy atom. The Morgan fingerprint density at radius 3 is 2.13 bits per heavy atom. The number of aliphatic hydroxyl groups excluding tert-OH is 1. The average molecular weight is 957 g/mol. The zero-order valence-corrected chi connectivity index (χ0v) is 41.4. The number of aromatic nitrogens is 1. The van der Waals surface area contributed by atoms with Crippen molar-refractivity contribution >= 4 is 35.1 Å². The monoisotopic (exact) mass is 955 g/mol. The van der Waals surface area contributed by atoms with E-state index in [4.69, 9.17) is 25.5 Å². The molecule has 1 aromatic heterocycles. The summed E-state index contributed by atoms with van der Waals surface area (Å²) >= 11 is 6.25. The second-order valence-corrected chi connectivity index (χ2v) is 21.0. The fourth-order valence-corrected chi connectivity index (χ4v) is 10.2. The predicted molar refractivity (Wildman–Crippen MR) is 264 cm³/mol. The fraction of sp³-hybridized carbons (Fsp3) is 0.418. The zero-order chi connectivity index (χ0) is 49.8. The van der Waals surface area contributed by atoms with Gasteiger partial charge in [0.2, 0.25) is 11.8 Å². The van der Waals surface area contributed by atoms with Crippen molar-refractivity contribution in [3.63, 3.8) is 0 Å². The molecule has 1 aliphatic heterocycles. The van der Waals surface area contributed by atoms with Crippen LogP contribution in [-0.2, 0) is 20.8 Å². The smallest absolute Gasteiger partial charge is 0.251 e. The quantitative estimate of drug-likeness (QED) is 0.0760. The molecule has 3 atom stereocenters. The number of amides is 3. The van der Waals surface area contributed by atoms with Crippen LogP contribution in [0.3, 0.4) is 0 Å². The van der Waals surface area contributed by atoms with Gasteiger partial charge in [-0.15, -0.1) is 0 Å². The molecule has 3 N–H and O–H groups in total. The molecule has 14 heteroatoms. The van der Waals surface area contributed by atoms with Crippen molar-refractivity contribution in [3.8, 4) is 40.0 Å². The lowest BCUT2D eigenvalue weighted by atomic mass is 9.49. The molecular formula is C55H62ClN5O8. The van der Waals surface area contributed by atoms with Gasteiger partial charge in [0, 0.05) is 59.9 Å². The van der Waals surface area contributed by atoms with Gasteiger partial charge in [0.25, 0.3) is 5.91 Å². The third-order valence-electron chi connectivity index (χ3n) is 13.6. The van der Waals surface area contributed by atoms with Crippen molar-refractivity contribution in [2.75, 3.05) is 13.2 Å². The lowest BCUT2D eigenvalue weighted by Crippen LogP contribution is -2.74. The second kappa shape index (κ2) is 20.6. The van der Waals surface area contributed by atoms with Gasteiger partial charge in [0.1, 0.15) is 29.7 Å². The highest BCUT2D eigenvalue weighted by atomic mass is 35.5. The van der Waals surface area contributed by atoms with Gasteiger partial charge in [0.15, 0.2) is 17.9 Å². The molecule has 13 nitrogen and oxygen atoms in total. The Hall–Kier alpha value is -6.49. The Kier molecular flexibility index (Phi) is 15.1. The first kappa shape index (κ1) is 50.4. The fourth-order valence-electron chi connectivity index (χ4n) is 10.0. The van der Waals surface area contributed by atoms with Gasteiger partial charge in [-0.05, 0) is 78.3 Å². The standard InChI is InChI=1S/C55H62ClN5O8/c1-33-47(68-32-58-33)37-14-11-34(12-15-37)13-26-45(63)44-28-40(62)31-61(44)50(66)48(53(2,3)4)59-46(64)10-9-27-67-41-23-20-36(21-24-41)35-16-18-38(19-17-35)49(65)60-51-54(5,6)52(55(51,7)8)69-42-25-22-39(30-57)43(56)29-42/h11-12,14-25,29,32,40,44,48,51-52,62H,9-10,13,26-28,31H2,1-8H3,(H,59,64)(H,60,65)/t40-,44+,48-,51?,52?/m1/s1. The van der Waals surface area contributed by atoms with E-state index in [9.17, 15) is 29.5 Å². The predicted octanol–water partition coefficient (Wildman–Crippen LogP) is 9.31. The van der Waals surface area contributed by atoms with Crippen molar-refractivity contribution in [2.45, 2.75) is 118 Å². The lowest BCUT2D eigenvalue weighted by Gasteiger charge is -2.63. The number of nitrogens with zero attached hydrogens (tertiary/aromatic N) is 3. The van der Waals surface area contributed by atoms with Crippen molar-refractivity contribution in [3.05, 3.63) is 125 Å². The molecule has 2 fully saturated rings. The number of carbonyl (C=O) groups excluding carboxylic acids is 4. The van der Waals surface area contributed by atoms with Gasteiger partial charge in [0.05, 0.1) is 35.0 Å². The van der Waals surface area contributed by atoms with E-state index in [1.165, 1.54) is 11.3 Å². The maximum absolute atomic E-state index is 14.1. The number of likely N-dealkylation sites (tertiary alicyclic amines) is 1. The number of Topliss-reactive ketones (excluding diaryl/α,β-unsaturated/α-hetero) is 1. The molecule has 0 bridgehead atoms. The number of ketones is 1. The van der Waals surface area contributed by atoms with E-state index in [2.05, 4.69) is 49.4 Å². The molecule has 69 heavy (non-hydrogen) atoms. The van der Waals surface area contributed by atoms with Gasteiger partial charge in [-0.25, -0.2) is 4.98 Å². The number of aliphatic hydroxyl groups is 1. The number of hydrogen-bond donors (Lipinski definition) is 3. The maximum atomic E-state index is 14.1. The minimum absolute atomic E-state index is 0.0218.